The Morgan fingerprint density at radius 3 is 2.78 bits per heavy atom. The standard InChI is InChI=1S/C16H20N8OS2/c1-9(12-19-13(17)21-14(20-12)24(2)3)26-16-23-22-15(27-16)18-10-6-5-7-11(8-10)25-4/h5-9H,1-4H3,(H,18,22)(H2,17,19,20,21)/t9-/m0/s1. The maximum atomic E-state index is 5.80. The number of nitrogens with two attached hydrogens (primary N) is 1. The zero-order valence-corrected chi connectivity index (χ0v) is 17.0. The second-order valence-corrected chi connectivity index (χ2v) is 8.30. The van der Waals surface area contributed by atoms with Crippen molar-refractivity contribution >= 4 is 45.8 Å². The largest absolute Gasteiger partial charge is 0.497 e. The molecular formula is C16H20N8OS2. The van der Waals surface area contributed by atoms with Crippen LogP contribution >= 0.6 is 23.1 Å². The molecule has 0 fully saturated rings. The van der Waals surface area contributed by atoms with Crippen LogP contribution in [0.15, 0.2) is 28.6 Å². The summed E-state index contributed by atoms with van der Waals surface area (Å²) < 4.78 is 6.03. The highest BCUT2D eigenvalue weighted by molar-refractivity contribution is 8.01. The summed E-state index contributed by atoms with van der Waals surface area (Å²) in [6.07, 6.45) is 0. The molecule has 0 aliphatic heterocycles. The average Bonchev–Trinajstić information content (AvgIpc) is 3.08. The van der Waals surface area contributed by atoms with Crippen LogP contribution in [-0.2, 0) is 0 Å². The van der Waals surface area contributed by atoms with E-state index in [1.807, 2.05) is 45.3 Å². The number of nitrogens with one attached hydrogen (secondary N) is 1. The molecule has 0 radical (unpaired) electrons. The van der Waals surface area contributed by atoms with E-state index in [1.165, 1.54) is 23.1 Å². The number of nitrogens with zero attached hydrogens (tertiary/aromatic N) is 6. The molecule has 11 heteroatoms. The number of ether oxygens (including phenoxy) is 1. The Hall–Kier alpha value is -2.66. The Balaban J connectivity index is 1.70. The van der Waals surface area contributed by atoms with Crippen molar-refractivity contribution in [1.82, 2.24) is 25.1 Å². The number of benzene rings is 1. The predicted molar refractivity (Wildman–Crippen MR) is 109 cm³/mol. The van der Waals surface area contributed by atoms with Gasteiger partial charge in [-0.15, -0.1) is 10.2 Å². The van der Waals surface area contributed by atoms with Crippen molar-refractivity contribution < 1.29 is 4.74 Å². The van der Waals surface area contributed by atoms with Gasteiger partial charge in [0.25, 0.3) is 0 Å². The summed E-state index contributed by atoms with van der Waals surface area (Å²) in [6.45, 7) is 2.00. The highest BCUT2D eigenvalue weighted by atomic mass is 32.2. The molecule has 1 aromatic carbocycles. The molecular weight excluding hydrogens is 384 g/mol. The molecule has 0 unspecified atom stereocenters. The van der Waals surface area contributed by atoms with Crippen LogP contribution in [0.25, 0.3) is 0 Å². The van der Waals surface area contributed by atoms with E-state index >= 15 is 0 Å². The molecule has 0 bridgehead atoms. The SMILES string of the molecule is COc1cccc(Nc2nnc(S[C@@H](C)c3nc(N)nc(N(C)C)n3)s2)c1. The van der Waals surface area contributed by atoms with Gasteiger partial charge in [-0.1, -0.05) is 29.2 Å². The average molecular weight is 405 g/mol. The molecule has 3 rings (SSSR count). The summed E-state index contributed by atoms with van der Waals surface area (Å²) in [5, 5.41) is 12.3. The van der Waals surface area contributed by atoms with Gasteiger partial charge in [0.2, 0.25) is 17.0 Å². The normalized spacial score (nSPS) is 11.9. The zero-order valence-electron chi connectivity index (χ0n) is 15.4. The van der Waals surface area contributed by atoms with E-state index in [0.717, 1.165) is 15.8 Å². The second kappa shape index (κ2) is 8.35. The zero-order chi connectivity index (χ0) is 19.4. The molecule has 2 heterocycles. The molecule has 0 amide bonds. The maximum absolute atomic E-state index is 5.80. The number of thioether (sulfide) groups is 1. The van der Waals surface area contributed by atoms with Gasteiger partial charge < -0.3 is 20.7 Å². The fourth-order valence-electron chi connectivity index (χ4n) is 2.12. The summed E-state index contributed by atoms with van der Waals surface area (Å²) in [4.78, 5) is 14.6. The molecule has 1 atom stereocenters. The van der Waals surface area contributed by atoms with Gasteiger partial charge in [0.15, 0.2) is 4.34 Å². The van der Waals surface area contributed by atoms with Crippen molar-refractivity contribution in [1.29, 1.82) is 0 Å². The van der Waals surface area contributed by atoms with Crippen molar-refractivity contribution in [2.24, 2.45) is 0 Å². The van der Waals surface area contributed by atoms with Crippen molar-refractivity contribution in [3.05, 3.63) is 30.1 Å². The minimum absolute atomic E-state index is 0.0494. The monoisotopic (exact) mass is 404 g/mol. The third-order valence-corrected chi connectivity index (χ3v) is 5.45. The minimum Gasteiger partial charge on any atom is -0.497 e. The summed E-state index contributed by atoms with van der Waals surface area (Å²) >= 11 is 2.97. The first-order valence-corrected chi connectivity index (χ1v) is 9.74. The summed E-state index contributed by atoms with van der Waals surface area (Å²) in [6, 6.07) is 7.63. The lowest BCUT2D eigenvalue weighted by Gasteiger charge is -2.13. The van der Waals surface area contributed by atoms with Crippen LogP contribution in [0.1, 0.15) is 18.0 Å². The maximum Gasteiger partial charge on any atom is 0.229 e. The lowest BCUT2D eigenvalue weighted by Crippen LogP contribution is -2.16. The van der Waals surface area contributed by atoms with Gasteiger partial charge in [-0.05, 0) is 19.1 Å². The van der Waals surface area contributed by atoms with E-state index in [0.29, 0.717) is 16.9 Å². The Morgan fingerprint density at radius 2 is 2.04 bits per heavy atom. The summed E-state index contributed by atoms with van der Waals surface area (Å²) in [7, 11) is 5.35. The fraction of sp³-hybridized carbons (Fsp3) is 0.312. The molecule has 27 heavy (non-hydrogen) atoms. The molecule has 3 N–H and O–H groups in total. The second-order valence-electron chi connectivity index (χ2n) is 5.74. The summed E-state index contributed by atoms with van der Waals surface area (Å²) in [5.41, 5.74) is 6.68. The number of anilines is 4. The first-order chi connectivity index (χ1) is 12.9. The lowest BCUT2D eigenvalue weighted by atomic mass is 10.3. The van der Waals surface area contributed by atoms with Gasteiger partial charge in [-0.2, -0.15) is 15.0 Å². The number of methoxy groups -OCH3 is 1. The fourth-order valence-corrected chi connectivity index (χ4v) is 4.08. The van der Waals surface area contributed by atoms with Crippen LogP contribution in [0.3, 0.4) is 0 Å². The van der Waals surface area contributed by atoms with Crippen LogP contribution in [0.2, 0.25) is 0 Å². The van der Waals surface area contributed by atoms with Crippen molar-refractivity contribution in [3.63, 3.8) is 0 Å². The number of rotatable bonds is 7. The molecule has 2 aromatic heterocycles. The van der Waals surface area contributed by atoms with E-state index in [1.54, 1.807) is 12.0 Å². The van der Waals surface area contributed by atoms with Gasteiger partial charge in [0, 0.05) is 25.8 Å². The van der Waals surface area contributed by atoms with Gasteiger partial charge in [0.05, 0.1) is 12.4 Å². The van der Waals surface area contributed by atoms with E-state index in [4.69, 9.17) is 10.5 Å². The minimum atomic E-state index is -0.0494. The molecule has 0 aliphatic rings. The van der Waals surface area contributed by atoms with Crippen LogP contribution in [0.4, 0.5) is 22.7 Å². The van der Waals surface area contributed by atoms with Crippen LogP contribution < -0.4 is 20.7 Å². The highest BCUT2D eigenvalue weighted by Crippen LogP contribution is 2.37. The lowest BCUT2D eigenvalue weighted by molar-refractivity contribution is 0.415. The first-order valence-electron chi connectivity index (χ1n) is 8.04. The molecule has 0 aliphatic carbocycles. The Bertz CT molecular complexity index is 917. The quantitative estimate of drug-likeness (QED) is 0.569. The van der Waals surface area contributed by atoms with Crippen molar-refractivity contribution in [2.75, 3.05) is 37.2 Å². The molecule has 0 saturated carbocycles. The van der Waals surface area contributed by atoms with Crippen LogP contribution in [0.5, 0.6) is 5.75 Å². The molecule has 3 aromatic rings. The van der Waals surface area contributed by atoms with E-state index < -0.39 is 0 Å². The van der Waals surface area contributed by atoms with Crippen molar-refractivity contribution in [2.45, 2.75) is 16.5 Å². The highest BCUT2D eigenvalue weighted by Gasteiger charge is 2.17. The number of hydrogen-bond donors (Lipinski definition) is 2. The Morgan fingerprint density at radius 1 is 1.22 bits per heavy atom. The Labute approximate surface area is 165 Å². The third kappa shape index (κ3) is 4.95. The van der Waals surface area contributed by atoms with E-state index in [-0.39, 0.29) is 11.2 Å². The third-order valence-electron chi connectivity index (χ3n) is 3.43. The topological polar surface area (TPSA) is 115 Å². The number of hydrogen-bond acceptors (Lipinski definition) is 11. The predicted octanol–water partition coefficient (Wildman–Crippen LogP) is 2.98. The smallest absolute Gasteiger partial charge is 0.229 e. The molecule has 0 saturated heterocycles. The van der Waals surface area contributed by atoms with Gasteiger partial charge in [-0.3, -0.25) is 0 Å². The number of aromatic nitrogens is 5. The molecule has 9 nitrogen and oxygen atoms in total. The van der Waals surface area contributed by atoms with Crippen LogP contribution in [0, 0.1) is 0 Å². The van der Waals surface area contributed by atoms with Crippen molar-refractivity contribution in [3.8, 4) is 5.75 Å². The van der Waals surface area contributed by atoms with Gasteiger partial charge in [0.1, 0.15) is 11.6 Å². The van der Waals surface area contributed by atoms with Gasteiger partial charge >= 0.3 is 0 Å². The number of nitrogen functional groups attached to an aromatic ring is 1. The van der Waals surface area contributed by atoms with Gasteiger partial charge in [-0.25, -0.2) is 0 Å². The first kappa shape index (κ1) is 19.1. The van der Waals surface area contributed by atoms with Crippen LogP contribution in [-0.4, -0.2) is 46.4 Å². The van der Waals surface area contributed by atoms with E-state index in [9.17, 15) is 0 Å². The molecule has 0 spiro atoms. The molecule has 142 valence electrons. The Kier molecular flexibility index (Phi) is 5.91. The summed E-state index contributed by atoms with van der Waals surface area (Å²) in [5.74, 6) is 2.11. The van der Waals surface area contributed by atoms with E-state index in [2.05, 4.69) is 30.5 Å².